The molecule has 1 aliphatic carbocycles. The number of fused-ring (bicyclic) bond motifs is 1. The lowest BCUT2D eigenvalue weighted by molar-refractivity contribution is 0.0985. The van der Waals surface area contributed by atoms with Crippen LogP contribution in [-0.4, -0.2) is 17.0 Å². The molecule has 2 aromatic carbocycles. The molecule has 2 unspecified atom stereocenters. The predicted molar refractivity (Wildman–Crippen MR) is 91.0 cm³/mol. The maximum Gasteiger partial charge on any atom is 0.186 e. The van der Waals surface area contributed by atoms with Gasteiger partial charge in [-0.15, -0.1) is 6.58 Å². The average molecular weight is 310 g/mol. The van der Waals surface area contributed by atoms with Crippen LogP contribution in [0.5, 0.6) is 11.5 Å². The fourth-order valence-corrected chi connectivity index (χ4v) is 3.72. The van der Waals surface area contributed by atoms with E-state index in [9.17, 15) is 5.11 Å². The lowest BCUT2D eigenvalue weighted by atomic mass is 9.92. The van der Waals surface area contributed by atoms with Crippen molar-refractivity contribution in [2.45, 2.75) is 31.6 Å². The zero-order chi connectivity index (χ0) is 16.4. The van der Waals surface area contributed by atoms with E-state index in [1.54, 1.807) is 6.07 Å². The number of aryl methyl sites for hydroxylation is 1. The number of aromatic hydroxyl groups is 1. The van der Waals surface area contributed by atoms with Crippen molar-refractivity contribution in [1.29, 1.82) is 0 Å². The van der Waals surface area contributed by atoms with Crippen LogP contribution in [0.2, 0.25) is 0 Å². The number of benzene rings is 2. The van der Waals surface area contributed by atoms with Gasteiger partial charge in [-0.05, 0) is 60.6 Å². The van der Waals surface area contributed by atoms with Gasteiger partial charge in [0, 0.05) is 11.5 Å². The van der Waals surface area contributed by atoms with E-state index >= 15 is 0 Å². The van der Waals surface area contributed by atoms with E-state index in [-0.39, 0.29) is 12.7 Å². The molecule has 1 aliphatic rings. The molecule has 120 valence electrons. The molecule has 2 N–H and O–H groups in total. The second kappa shape index (κ2) is 6.47. The van der Waals surface area contributed by atoms with Gasteiger partial charge in [-0.3, -0.25) is 0 Å². The van der Waals surface area contributed by atoms with Gasteiger partial charge in [0.1, 0.15) is 11.5 Å². The van der Waals surface area contributed by atoms with E-state index in [0.29, 0.717) is 17.4 Å². The minimum atomic E-state index is -0.325. The number of aliphatic hydroxyl groups excluding tert-OH is 1. The fourth-order valence-electron chi connectivity index (χ4n) is 3.72. The summed E-state index contributed by atoms with van der Waals surface area (Å²) in [5, 5.41) is 19.3. The third-order valence-corrected chi connectivity index (χ3v) is 4.70. The van der Waals surface area contributed by atoms with Crippen LogP contribution in [0.4, 0.5) is 0 Å². The number of hydrogen-bond acceptors (Lipinski definition) is 3. The van der Waals surface area contributed by atoms with Gasteiger partial charge in [-0.25, -0.2) is 0 Å². The van der Waals surface area contributed by atoms with Gasteiger partial charge in [-0.1, -0.05) is 24.3 Å². The lowest BCUT2D eigenvalue weighted by Gasteiger charge is -2.14. The first kappa shape index (κ1) is 15.6. The standard InChI is InChI=1S/C20H22O3/c1-3-15-11-16(20-18(22)8-7-13(2)19(15)20)9-14-5-4-6-17(10-14)23-12-21/h3-8,10,15-16,21-22H,1,9,11-12H2,2H3. The molecule has 0 aliphatic heterocycles. The van der Waals surface area contributed by atoms with Crippen molar-refractivity contribution in [3.63, 3.8) is 0 Å². The molecule has 23 heavy (non-hydrogen) atoms. The topological polar surface area (TPSA) is 49.7 Å². The van der Waals surface area contributed by atoms with Crippen molar-refractivity contribution in [3.8, 4) is 11.5 Å². The summed E-state index contributed by atoms with van der Waals surface area (Å²) in [5.74, 6) is 1.59. The summed E-state index contributed by atoms with van der Waals surface area (Å²) in [4.78, 5) is 0. The summed E-state index contributed by atoms with van der Waals surface area (Å²) >= 11 is 0. The number of rotatable bonds is 5. The first-order chi connectivity index (χ1) is 11.1. The van der Waals surface area contributed by atoms with Crippen LogP contribution >= 0.6 is 0 Å². The molecule has 2 aromatic rings. The number of aliphatic hydroxyl groups is 1. The van der Waals surface area contributed by atoms with Crippen LogP contribution in [0.1, 0.15) is 40.5 Å². The van der Waals surface area contributed by atoms with Crippen LogP contribution in [0.25, 0.3) is 0 Å². The summed E-state index contributed by atoms with van der Waals surface area (Å²) in [5.41, 5.74) is 4.64. The molecule has 0 amide bonds. The van der Waals surface area contributed by atoms with Crippen LogP contribution in [-0.2, 0) is 6.42 Å². The lowest BCUT2D eigenvalue weighted by Crippen LogP contribution is -2.01. The Hall–Kier alpha value is -2.26. The molecular formula is C20H22O3. The number of ether oxygens (including phenoxy) is 1. The maximum atomic E-state index is 10.4. The number of allylic oxidation sites excluding steroid dienone is 1. The highest BCUT2D eigenvalue weighted by Crippen LogP contribution is 2.49. The first-order valence-electron chi connectivity index (χ1n) is 7.91. The highest BCUT2D eigenvalue weighted by molar-refractivity contribution is 5.53. The Morgan fingerprint density at radius 1 is 1.26 bits per heavy atom. The zero-order valence-corrected chi connectivity index (χ0v) is 13.3. The monoisotopic (exact) mass is 310 g/mol. The van der Waals surface area contributed by atoms with E-state index in [4.69, 9.17) is 9.84 Å². The summed E-state index contributed by atoms with van der Waals surface area (Å²) in [7, 11) is 0. The molecule has 3 rings (SSSR count). The Bertz CT molecular complexity index is 721. The van der Waals surface area contributed by atoms with E-state index in [2.05, 4.69) is 19.6 Å². The van der Waals surface area contributed by atoms with Crippen LogP contribution in [0, 0.1) is 6.92 Å². The van der Waals surface area contributed by atoms with Gasteiger partial charge >= 0.3 is 0 Å². The molecule has 0 bridgehead atoms. The second-order valence-corrected chi connectivity index (χ2v) is 6.13. The van der Waals surface area contributed by atoms with Crippen molar-refractivity contribution in [2.75, 3.05) is 6.79 Å². The molecule has 0 radical (unpaired) electrons. The summed E-state index contributed by atoms with van der Waals surface area (Å²) < 4.78 is 5.16. The van der Waals surface area contributed by atoms with E-state index in [1.165, 1.54) is 11.1 Å². The maximum absolute atomic E-state index is 10.4. The minimum Gasteiger partial charge on any atom is -0.508 e. The normalized spacial score (nSPS) is 19.4. The SMILES string of the molecule is C=CC1CC(Cc2cccc(OCO)c2)c2c(O)ccc(C)c21. The Morgan fingerprint density at radius 2 is 2.09 bits per heavy atom. The Morgan fingerprint density at radius 3 is 2.83 bits per heavy atom. The van der Waals surface area contributed by atoms with Crippen molar-refractivity contribution in [2.24, 2.45) is 0 Å². The van der Waals surface area contributed by atoms with E-state index in [0.717, 1.165) is 24.0 Å². The molecule has 0 fully saturated rings. The van der Waals surface area contributed by atoms with Crippen molar-refractivity contribution < 1.29 is 14.9 Å². The Balaban J connectivity index is 1.93. The molecule has 2 atom stereocenters. The van der Waals surface area contributed by atoms with Gasteiger partial charge < -0.3 is 14.9 Å². The van der Waals surface area contributed by atoms with Crippen molar-refractivity contribution in [1.82, 2.24) is 0 Å². The quantitative estimate of drug-likeness (QED) is 0.647. The van der Waals surface area contributed by atoms with Gasteiger partial charge in [0.15, 0.2) is 6.79 Å². The zero-order valence-electron chi connectivity index (χ0n) is 13.3. The van der Waals surface area contributed by atoms with Crippen LogP contribution in [0.15, 0.2) is 49.1 Å². The number of phenols is 1. The number of hydrogen-bond donors (Lipinski definition) is 2. The van der Waals surface area contributed by atoms with Crippen molar-refractivity contribution >= 4 is 0 Å². The first-order valence-corrected chi connectivity index (χ1v) is 7.91. The number of phenolic OH excluding ortho intramolecular Hbond substituents is 1. The Labute approximate surface area is 136 Å². The summed E-state index contributed by atoms with van der Waals surface area (Å²) in [6.45, 7) is 5.73. The molecule has 0 saturated heterocycles. The highest BCUT2D eigenvalue weighted by Gasteiger charge is 2.33. The van der Waals surface area contributed by atoms with E-state index < -0.39 is 0 Å². The fraction of sp³-hybridized carbons (Fsp3) is 0.300. The third kappa shape index (κ3) is 2.97. The predicted octanol–water partition coefficient (Wildman–Crippen LogP) is 4.03. The molecule has 0 aromatic heterocycles. The summed E-state index contributed by atoms with van der Waals surface area (Å²) in [6.07, 6.45) is 3.77. The molecule has 3 nitrogen and oxygen atoms in total. The molecule has 3 heteroatoms. The van der Waals surface area contributed by atoms with Gasteiger partial charge in [0.2, 0.25) is 0 Å². The third-order valence-electron chi connectivity index (χ3n) is 4.70. The van der Waals surface area contributed by atoms with Gasteiger partial charge in [0.05, 0.1) is 0 Å². The molecule has 0 heterocycles. The highest BCUT2D eigenvalue weighted by atomic mass is 16.6. The van der Waals surface area contributed by atoms with E-state index in [1.807, 2.05) is 30.3 Å². The average Bonchev–Trinajstić information content (AvgIpc) is 2.91. The van der Waals surface area contributed by atoms with Crippen molar-refractivity contribution in [3.05, 3.63) is 71.3 Å². The second-order valence-electron chi connectivity index (χ2n) is 6.13. The smallest absolute Gasteiger partial charge is 0.186 e. The molecule has 0 spiro atoms. The largest absolute Gasteiger partial charge is 0.508 e. The minimum absolute atomic E-state index is 0.261. The molecular weight excluding hydrogens is 288 g/mol. The molecule has 0 saturated carbocycles. The van der Waals surface area contributed by atoms with Crippen LogP contribution < -0.4 is 4.74 Å². The van der Waals surface area contributed by atoms with Gasteiger partial charge in [0.25, 0.3) is 0 Å². The van der Waals surface area contributed by atoms with Gasteiger partial charge in [-0.2, -0.15) is 0 Å². The van der Waals surface area contributed by atoms with Crippen LogP contribution in [0.3, 0.4) is 0 Å². The summed E-state index contributed by atoms with van der Waals surface area (Å²) in [6, 6.07) is 11.5. The Kier molecular flexibility index (Phi) is 4.39.